The van der Waals surface area contributed by atoms with Crippen molar-refractivity contribution in [3.8, 4) is 44.7 Å². The van der Waals surface area contributed by atoms with Crippen LogP contribution in [0.5, 0.6) is 0 Å². The molecule has 0 N–H and O–H groups in total. The number of fused-ring (bicyclic) bond motifs is 10. The average Bonchev–Trinajstić information content (AvgIpc) is 3.99. The zero-order valence-electron chi connectivity index (χ0n) is 31.7. The van der Waals surface area contributed by atoms with E-state index in [1.165, 1.54) is 10.9 Å². The Morgan fingerprint density at radius 3 is 1.59 bits per heavy atom. The molecule has 3 heterocycles. The van der Waals surface area contributed by atoms with Gasteiger partial charge in [-0.3, -0.25) is 0 Å². The molecule has 0 aliphatic rings. The van der Waals surface area contributed by atoms with E-state index in [0.29, 0.717) is 0 Å². The zero-order valence-corrected chi connectivity index (χ0v) is 31.7. The smallest absolute Gasteiger partial charge is 0.147 e. The summed E-state index contributed by atoms with van der Waals surface area (Å²) in [6, 6.07) is 68.8. The van der Waals surface area contributed by atoms with Gasteiger partial charge in [0.2, 0.25) is 0 Å². The molecule has 274 valence electrons. The maximum Gasteiger partial charge on any atom is 0.147 e. The van der Waals surface area contributed by atoms with E-state index < -0.39 is 0 Å². The summed E-state index contributed by atoms with van der Waals surface area (Å²) in [5, 5.41) is 12.3. The molecule has 0 saturated carbocycles. The summed E-state index contributed by atoms with van der Waals surface area (Å²) < 4.78 is 20.9. The van der Waals surface area contributed by atoms with Crippen molar-refractivity contribution in [3.05, 3.63) is 194 Å². The molecule has 0 unspecified atom stereocenters. The lowest BCUT2D eigenvalue weighted by Crippen LogP contribution is -1.92. The summed E-state index contributed by atoms with van der Waals surface area (Å²) in [5.74, 6) is 0.832. The largest absolute Gasteiger partial charge is 0.456 e. The Labute approximate surface area is 337 Å². The van der Waals surface area contributed by atoms with E-state index in [4.69, 9.17) is 13.3 Å². The van der Waals surface area contributed by atoms with Crippen LogP contribution < -0.4 is 0 Å². The van der Waals surface area contributed by atoms with Gasteiger partial charge in [0, 0.05) is 43.6 Å². The van der Waals surface area contributed by atoms with Crippen LogP contribution in [0.4, 0.5) is 0 Å². The molecular weight excluding hydrogens is 721 g/mol. The van der Waals surface area contributed by atoms with Crippen molar-refractivity contribution < 1.29 is 13.3 Å². The van der Waals surface area contributed by atoms with Crippen LogP contribution in [0.15, 0.2) is 207 Å². The van der Waals surface area contributed by atoms with E-state index in [1.54, 1.807) is 0 Å². The first-order valence-corrected chi connectivity index (χ1v) is 20.1. The lowest BCUT2D eigenvalue weighted by Gasteiger charge is -2.18. The first-order chi connectivity index (χ1) is 29.3. The molecule has 0 amide bonds. The summed E-state index contributed by atoms with van der Waals surface area (Å²) in [4.78, 5) is 0. The summed E-state index contributed by atoms with van der Waals surface area (Å²) in [6.45, 7) is 0. The van der Waals surface area contributed by atoms with E-state index in [9.17, 15) is 0 Å². The Morgan fingerprint density at radius 2 is 0.847 bits per heavy atom. The van der Waals surface area contributed by atoms with Crippen LogP contribution in [-0.2, 0) is 0 Å². The normalized spacial score (nSPS) is 12.1. The van der Waals surface area contributed by atoms with Gasteiger partial charge in [0.15, 0.2) is 0 Å². The molecule has 3 heteroatoms. The third-order valence-corrected chi connectivity index (χ3v) is 12.2. The zero-order chi connectivity index (χ0) is 38.6. The van der Waals surface area contributed by atoms with E-state index >= 15 is 0 Å². The molecule has 0 fully saturated rings. The second-order valence-electron chi connectivity index (χ2n) is 15.5. The number of benzene rings is 10. The van der Waals surface area contributed by atoms with Gasteiger partial charge in [-0.15, -0.1) is 0 Å². The molecule has 0 bridgehead atoms. The number of furan rings is 3. The second-order valence-corrected chi connectivity index (χ2v) is 15.5. The Balaban J connectivity index is 1.22. The van der Waals surface area contributed by atoms with Crippen molar-refractivity contribution in [2.24, 2.45) is 0 Å². The third-order valence-electron chi connectivity index (χ3n) is 12.2. The van der Waals surface area contributed by atoms with Gasteiger partial charge >= 0.3 is 0 Å². The van der Waals surface area contributed by atoms with E-state index in [-0.39, 0.29) is 0 Å². The van der Waals surface area contributed by atoms with Crippen molar-refractivity contribution in [3.63, 3.8) is 0 Å². The fourth-order valence-corrected chi connectivity index (χ4v) is 9.73. The highest BCUT2D eigenvalue weighted by molar-refractivity contribution is 6.30. The molecule has 0 saturated heterocycles. The fourth-order valence-electron chi connectivity index (χ4n) is 9.73. The molecule has 3 aromatic heterocycles. The predicted molar refractivity (Wildman–Crippen MR) is 245 cm³/mol. The third kappa shape index (κ3) is 4.64. The minimum atomic E-state index is 0.796. The van der Waals surface area contributed by atoms with Crippen LogP contribution in [-0.4, -0.2) is 0 Å². The quantitative estimate of drug-likeness (QED) is 0.168. The van der Waals surface area contributed by atoms with E-state index in [2.05, 4.69) is 182 Å². The van der Waals surface area contributed by atoms with Gasteiger partial charge in [-0.2, -0.15) is 0 Å². The lowest BCUT2D eigenvalue weighted by molar-refractivity contribution is 0.630. The molecule has 0 spiro atoms. The van der Waals surface area contributed by atoms with Crippen molar-refractivity contribution in [2.75, 3.05) is 0 Å². The maximum absolute atomic E-state index is 7.41. The Kier molecular flexibility index (Phi) is 6.72. The molecule has 13 rings (SSSR count). The Hall–Kier alpha value is -7.88. The van der Waals surface area contributed by atoms with Gasteiger partial charge in [0.25, 0.3) is 0 Å². The van der Waals surface area contributed by atoms with Gasteiger partial charge in [0.05, 0.1) is 5.56 Å². The number of para-hydroxylation sites is 2. The van der Waals surface area contributed by atoms with Gasteiger partial charge in [-0.25, -0.2) is 0 Å². The summed E-state index contributed by atoms with van der Waals surface area (Å²) in [6.07, 6.45) is 0. The molecule has 0 aliphatic carbocycles. The van der Waals surface area contributed by atoms with Gasteiger partial charge in [-0.1, -0.05) is 164 Å². The van der Waals surface area contributed by atoms with Gasteiger partial charge < -0.3 is 13.3 Å². The number of hydrogen-bond donors (Lipinski definition) is 0. The average molecular weight is 753 g/mol. The van der Waals surface area contributed by atoms with Crippen molar-refractivity contribution >= 4 is 87.2 Å². The minimum absolute atomic E-state index is 0.796. The standard InChI is InChI=1S/C56H32O3/c1-2-16-34(17-3-1)49-45-32-44-37-19-10-12-26-46(37)58-55(44)53(56(45)59-54(49)36-30-29-33-15-4-5-18-35(33)31-36)52-40-22-8-6-20-38(40)50(39-21-7-9-23-41(39)52)43-25-14-28-48-51(43)42-24-11-13-27-47(42)57-48/h1-32H. The molecule has 13 aromatic rings. The van der Waals surface area contributed by atoms with E-state index in [1.807, 2.05) is 12.1 Å². The van der Waals surface area contributed by atoms with Crippen molar-refractivity contribution in [1.29, 1.82) is 0 Å². The molecular formula is C56H32O3. The van der Waals surface area contributed by atoms with Crippen LogP contribution in [0.25, 0.3) is 132 Å². The summed E-state index contributed by atoms with van der Waals surface area (Å²) >= 11 is 0. The Bertz CT molecular complexity index is 3780. The lowest BCUT2D eigenvalue weighted by atomic mass is 9.84. The predicted octanol–water partition coefficient (Wildman–Crippen LogP) is 16.4. The second kappa shape index (κ2) is 12.3. The maximum atomic E-state index is 7.41. The molecule has 10 aromatic carbocycles. The minimum Gasteiger partial charge on any atom is -0.456 e. The molecule has 0 radical (unpaired) electrons. The van der Waals surface area contributed by atoms with Crippen LogP contribution in [0.3, 0.4) is 0 Å². The van der Waals surface area contributed by atoms with Crippen molar-refractivity contribution in [2.45, 2.75) is 0 Å². The monoisotopic (exact) mass is 752 g/mol. The first kappa shape index (κ1) is 32.2. The van der Waals surface area contributed by atoms with Gasteiger partial charge in [0.1, 0.15) is 33.7 Å². The SMILES string of the molecule is c1ccc(-c2c(-c3ccc4ccccc4c3)oc3c(-c4c5ccccc5c(-c5cccc6oc7ccccc7c56)c5ccccc45)c4oc5ccccc5c4cc23)cc1. The van der Waals surface area contributed by atoms with Crippen molar-refractivity contribution in [1.82, 2.24) is 0 Å². The number of hydrogen-bond acceptors (Lipinski definition) is 3. The molecule has 0 aliphatic heterocycles. The first-order valence-electron chi connectivity index (χ1n) is 20.1. The van der Waals surface area contributed by atoms with Crippen LogP contribution in [0, 0.1) is 0 Å². The molecule has 59 heavy (non-hydrogen) atoms. The topological polar surface area (TPSA) is 39.4 Å². The summed E-state index contributed by atoms with van der Waals surface area (Å²) in [7, 11) is 0. The highest BCUT2D eigenvalue weighted by atomic mass is 16.3. The van der Waals surface area contributed by atoms with Gasteiger partial charge in [-0.05, 0) is 79.3 Å². The van der Waals surface area contributed by atoms with Crippen LogP contribution in [0.2, 0.25) is 0 Å². The number of rotatable bonds is 4. The Morgan fingerprint density at radius 1 is 0.271 bits per heavy atom. The fraction of sp³-hybridized carbons (Fsp3) is 0. The van der Waals surface area contributed by atoms with Crippen LogP contribution in [0.1, 0.15) is 0 Å². The highest BCUT2D eigenvalue weighted by Gasteiger charge is 2.29. The summed E-state index contributed by atoms with van der Waals surface area (Å²) in [5.41, 5.74) is 11.7. The molecule has 0 atom stereocenters. The highest BCUT2D eigenvalue weighted by Crippen LogP contribution is 2.53. The van der Waals surface area contributed by atoms with Crippen LogP contribution >= 0.6 is 0 Å². The van der Waals surface area contributed by atoms with E-state index in [0.717, 1.165) is 121 Å². The molecule has 3 nitrogen and oxygen atoms in total.